The molecule has 1 rings (SSSR count). The molecule has 0 saturated carbocycles. The van der Waals surface area contributed by atoms with E-state index in [-0.39, 0.29) is 12.3 Å². The minimum Gasteiger partial charge on any atom is -0.449 e. The molecule has 6 heteroatoms. The fourth-order valence-electron chi connectivity index (χ4n) is 1.19. The molecular weight excluding hydrogens is 224 g/mol. The van der Waals surface area contributed by atoms with Crippen molar-refractivity contribution in [3.8, 4) is 0 Å². The van der Waals surface area contributed by atoms with Crippen LogP contribution in [-0.2, 0) is 4.74 Å². The summed E-state index contributed by atoms with van der Waals surface area (Å²) in [7, 11) is 0. The first-order chi connectivity index (χ1) is 8.09. The van der Waals surface area contributed by atoms with Gasteiger partial charge in [0.05, 0.1) is 11.5 Å². The predicted octanol–water partition coefficient (Wildman–Crippen LogP) is 2.09. The van der Waals surface area contributed by atoms with Gasteiger partial charge in [-0.15, -0.1) is 0 Å². The highest BCUT2D eigenvalue weighted by molar-refractivity contribution is 5.64. The molecule has 0 aromatic heterocycles. The molecule has 6 nitrogen and oxygen atoms in total. The summed E-state index contributed by atoms with van der Waals surface area (Å²) in [6.45, 7) is 0.195. The van der Waals surface area contributed by atoms with Gasteiger partial charge in [0.15, 0.2) is 0 Å². The maximum atomic E-state index is 10.5. The van der Waals surface area contributed by atoms with Crippen molar-refractivity contribution >= 4 is 17.9 Å². The second-order valence-corrected chi connectivity index (χ2v) is 3.21. The van der Waals surface area contributed by atoms with E-state index in [1.54, 1.807) is 24.3 Å². The van der Waals surface area contributed by atoms with E-state index in [0.717, 1.165) is 5.56 Å². The molecule has 17 heavy (non-hydrogen) atoms. The molecule has 0 bridgehead atoms. The second kappa shape index (κ2) is 6.26. The normalized spacial score (nSPS) is 10.4. The quantitative estimate of drug-likeness (QED) is 0.481. The zero-order valence-corrected chi connectivity index (χ0v) is 9.04. The van der Waals surface area contributed by atoms with Crippen LogP contribution in [0, 0.1) is 10.1 Å². The van der Waals surface area contributed by atoms with E-state index in [9.17, 15) is 14.9 Å². The Morgan fingerprint density at radius 1 is 1.53 bits per heavy atom. The lowest BCUT2D eigenvalue weighted by molar-refractivity contribution is -0.384. The van der Waals surface area contributed by atoms with Crippen molar-refractivity contribution in [3.63, 3.8) is 0 Å². The molecule has 0 radical (unpaired) electrons. The number of nitrogens with two attached hydrogens (primary N) is 1. The van der Waals surface area contributed by atoms with Gasteiger partial charge in [0.2, 0.25) is 0 Å². The van der Waals surface area contributed by atoms with E-state index in [2.05, 4.69) is 4.74 Å². The summed E-state index contributed by atoms with van der Waals surface area (Å²) in [6, 6.07) is 6.25. The van der Waals surface area contributed by atoms with E-state index in [1.807, 2.05) is 0 Å². The Balaban J connectivity index is 2.50. The van der Waals surface area contributed by atoms with Crippen LogP contribution in [0.25, 0.3) is 6.08 Å². The van der Waals surface area contributed by atoms with Gasteiger partial charge in [-0.2, -0.15) is 0 Å². The summed E-state index contributed by atoms with van der Waals surface area (Å²) in [5.41, 5.74) is 5.54. The number of amides is 1. The molecule has 0 heterocycles. The Hall–Kier alpha value is -2.37. The number of nitro benzene ring substituents is 1. The molecular formula is C11H12N2O4. The Morgan fingerprint density at radius 2 is 2.29 bits per heavy atom. The van der Waals surface area contributed by atoms with Crippen molar-refractivity contribution in [2.24, 2.45) is 5.73 Å². The number of non-ortho nitro benzene ring substituents is 1. The van der Waals surface area contributed by atoms with E-state index in [0.29, 0.717) is 6.42 Å². The molecule has 0 unspecified atom stereocenters. The lowest BCUT2D eigenvalue weighted by Crippen LogP contribution is -2.13. The van der Waals surface area contributed by atoms with Crippen LogP contribution in [0.5, 0.6) is 0 Å². The van der Waals surface area contributed by atoms with Gasteiger partial charge >= 0.3 is 6.09 Å². The van der Waals surface area contributed by atoms with E-state index in [1.165, 1.54) is 12.1 Å². The summed E-state index contributed by atoms with van der Waals surface area (Å²) in [4.78, 5) is 20.3. The molecule has 0 spiro atoms. The standard InChI is InChI=1S/C11H12N2O4/c12-11(14)17-7-2-1-4-9-5-3-6-10(8-9)13(15)16/h1,3-6,8H,2,7H2,(H2,12,14)/b4-1+. The number of nitro groups is 1. The predicted molar refractivity (Wildman–Crippen MR) is 62.3 cm³/mol. The number of nitrogens with zero attached hydrogens (tertiary/aromatic N) is 1. The zero-order chi connectivity index (χ0) is 12.7. The molecule has 1 amide bonds. The fourth-order valence-corrected chi connectivity index (χ4v) is 1.19. The molecule has 0 aliphatic heterocycles. The number of benzene rings is 1. The van der Waals surface area contributed by atoms with Gasteiger partial charge in [-0.1, -0.05) is 24.3 Å². The second-order valence-electron chi connectivity index (χ2n) is 3.21. The highest BCUT2D eigenvalue weighted by Crippen LogP contribution is 2.14. The van der Waals surface area contributed by atoms with Gasteiger partial charge in [-0.3, -0.25) is 10.1 Å². The monoisotopic (exact) mass is 236 g/mol. The molecule has 1 aromatic rings. The summed E-state index contributed by atoms with van der Waals surface area (Å²) in [5.74, 6) is 0. The van der Waals surface area contributed by atoms with Crippen LogP contribution in [0.4, 0.5) is 10.5 Å². The molecule has 0 saturated heterocycles. The number of ether oxygens (including phenoxy) is 1. The van der Waals surface area contributed by atoms with Gasteiger partial charge in [0.1, 0.15) is 0 Å². The molecule has 0 fully saturated rings. The van der Waals surface area contributed by atoms with Gasteiger partial charge in [0, 0.05) is 12.1 Å². The highest BCUT2D eigenvalue weighted by atomic mass is 16.6. The first kappa shape index (κ1) is 12.7. The zero-order valence-electron chi connectivity index (χ0n) is 9.04. The third-order valence-electron chi connectivity index (χ3n) is 1.92. The van der Waals surface area contributed by atoms with Crippen LogP contribution in [-0.4, -0.2) is 17.6 Å². The fraction of sp³-hybridized carbons (Fsp3) is 0.182. The van der Waals surface area contributed by atoms with Crippen molar-refractivity contribution in [1.29, 1.82) is 0 Å². The summed E-state index contributed by atoms with van der Waals surface area (Å²) >= 11 is 0. The molecule has 2 N–H and O–H groups in total. The van der Waals surface area contributed by atoms with Crippen LogP contribution in [0.3, 0.4) is 0 Å². The van der Waals surface area contributed by atoms with E-state index >= 15 is 0 Å². The van der Waals surface area contributed by atoms with Crippen LogP contribution in [0.2, 0.25) is 0 Å². The van der Waals surface area contributed by atoms with Crippen LogP contribution in [0.1, 0.15) is 12.0 Å². The van der Waals surface area contributed by atoms with Gasteiger partial charge in [-0.25, -0.2) is 4.79 Å². The van der Waals surface area contributed by atoms with Crippen molar-refractivity contribution < 1.29 is 14.5 Å². The Kier molecular flexibility index (Phi) is 4.68. The summed E-state index contributed by atoms with van der Waals surface area (Å²) in [5, 5.41) is 10.5. The van der Waals surface area contributed by atoms with Crippen molar-refractivity contribution in [2.45, 2.75) is 6.42 Å². The average molecular weight is 236 g/mol. The number of carbonyl (C=O) groups is 1. The molecule has 0 aliphatic rings. The maximum Gasteiger partial charge on any atom is 0.404 e. The number of rotatable bonds is 5. The third kappa shape index (κ3) is 4.78. The number of hydrogen-bond donors (Lipinski definition) is 1. The van der Waals surface area contributed by atoms with Gasteiger partial charge in [-0.05, 0) is 12.0 Å². The largest absolute Gasteiger partial charge is 0.449 e. The number of carbonyl (C=O) groups excluding carboxylic acids is 1. The first-order valence-corrected chi connectivity index (χ1v) is 4.93. The van der Waals surface area contributed by atoms with Gasteiger partial charge < -0.3 is 10.5 Å². The van der Waals surface area contributed by atoms with Crippen molar-refractivity contribution in [2.75, 3.05) is 6.61 Å². The van der Waals surface area contributed by atoms with Crippen molar-refractivity contribution in [1.82, 2.24) is 0 Å². The first-order valence-electron chi connectivity index (χ1n) is 4.93. The van der Waals surface area contributed by atoms with E-state index in [4.69, 9.17) is 5.73 Å². The molecule has 0 atom stereocenters. The molecule has 1 aromatic carbocycles. The summed E-state index contributed by atoms with van der Waals surface area (Å²) in [6.07, 6.45) is 3.17. The number of primary amides is 1. The average Bonchev–Trinajstić information content (AvgIpc) is 2.28. The SMILES string of the molecule is NC(=O)OCC/C=C/c1cccc([N+](=O)[O-])c1. The van der Waals surface area contributed by atoms with Crippen LogP contribution in [0.15, 0.2) is 30.3 Å². The minimum absolute atomic E-state index is 0.0422. The Labute approximate surface area is 97.8 Å². The lowest BCUT2D eigenvalue weighted by atomic mass is 10.2. The molecule has 90 valence electrons. The maximum absolute atomic E-state index is 10.5. The minimum atomic E-state index is -0.811. The third-order valence-corrected chi connectivity index (χ3v) is 1.92. The van der Waals surface area contributed by atoms with Crippen molar-refractivity contribution in [3.05, 3.63) is 46.0 Å². The lowest BCUT2D eigenvalue weighted by Gasteiger charge is -1.97. The van der Waals surface area contributed by atoms with Crippen LogP contribution < -0.4 is 5.73 Å². The molecule has 0 aliphatic carbocycles. The summed E-state index contributed by atoms with van der Waals surface area (Å²) < 4.78 is 4.52. The highest BCUT2D eigenvalue weighted by Gasteiger charge is 2.03. The topological polar surface area (TPSA) is 95.5 Å². The Morgan fingerprint density at radius 3 is 2.94 bits per heavy atom. The smallest absolute Gasteiger partial charge is 0.404 e. The number of hydrogen-bond acceptors (Lipinski definition) is 4. The van der Waals surface area contributed by atoms with Crippen LogP contribution >= 0.6 is 0 Å². The van der Waals surface area contributed by atoms with E-state index < -0.39 is 11.0 Å². The Bertz CT molecular complexity index is 443. The van der Waals surface area contributed by atoms with Gasteiger partial charge in [0.25, 0.3) is 5.69 Å².